The molecule has 0 aliphatic heterocycles. The molecule has 1 aliphatic carbocycles. The van der Waals surface area contributed by atoms with Gasteiger partial charge in [-0.05, 0) is 32.6 Å². The molecule has 0 aromatic carbocycles. The van der Waals surface area contributed by atoms with Gasteiger partial charge in [-0.1, -0.05) is 0 Å². The first-order valence-electron chi connectivity index (χ1n) is 4.78. The van der Waals surface area contributed by atoms with Gasteiger partial charge in [0.05, 0.1) is 0 Å². The van der Waals surface area contributed by atoms with Crippen LogP contribution in [0, 0.1) is 13.8 Å². The first-order chi connectivity index (χ1) is 6.11. The molecule has 1 aromatic heterocycles. The van der Waals surface area contributed by atoms with Gasteiger partial charge in [-0.2, -0.15) is 0 Å². The molecule has 0 unspecified atom stereocenters. The topological polar surface area (TPSA) is 22.0 Å². The van der Waals surface area contributed by atoms with Gasteiger partial charge >= 0.3 is 0 Å². The van der Waals surface area contributed by atoms with E-state index in [1.165, 1.54) is 12.8 Å². The normalized spacial score (nSPS) is 16.2. The highest BCUT2D eigenvalue weighted by atomic mass is 16.1. The first-order valence-corrected chi connectivity index (χ1v) is 4.78. The van der Waals surface area contributed by atoms with Crippen LogP contribution in [0.2, 0.25) is 0 Å². The fraction of sp³-hybridized carbons (Fsp3) is 0.545. The highest BCUT2D eigenvalue weighted by Crippen LogP contribution is 2.39. The van der Waals surface area contributed by atoms with Gasteiger partial charge in [0, 0.05) is 30.1 Å². The third-order valence-electron chi connectivity index (χ3n) is 3.01. The average Bonchev–Trinajstić information content (AvgIpc) is 2.84. The zero-order valence-corrected chi connectivity index (χ0v) is 8.42. The number of nitrogens with zero attached hydrogens (tertiary/aromatic N) is 1. The molecule has 0 spiro atoms. The molecule has 1 aromatic rings. The van der Waals surface area contributed by atoms with Crippen LogP contribution < -0.4 is 5.43 Å². The Morgan fingerprint density at radius 1 is 1.38 bits per heavy atom. The van der Waals surface area contributed by atoms with Crippen molar-refractivity contribution < 1.29 is 0 Å². The second-order valence-corrected chi connectivity index (χ2v) is 3.98. The highest BCUT2D eigenvalue weighted by Gasteiger charge is 2.28. The summed E-state index contributed by atoms with van der Waals surface area (Å²) in [6.07, 6.45) is 2.39. The Balaban J connectivity index is 2.67. The third kappa shape index (κ3) is 1.30. The quantitative estimate of drug-likeness (QED) is 0.642. The summed E-state index contributed by atoms with van der Waals surface area (Å²) in [5, 5.41) is 0. The molecule has 2 heteroatoms. The Labute approximate surface area is 78.2 Å². The Kier molecular flexibility index (Phi) is 1.79. The van der Waals surface area contributed by atoms with Crippen molar-refractivity contribution in [3.8, 4) is 0 Å². The Morgan fingerprint density at radius 2 is 2.00 bits per heavy atom. The van der Waals surface area contributed by atoms with Crippen LogP contribution in [0.25, 0.3) is 0 Å². The van der Waals surface area contributed by atoms with E-state index < -0.39 is 0 Å². The minimum atomic E-state index is 0.232. The summed E-state index contributed by atoms with van der Waals surface area (Å²) in [5.41, 5.74) is 3.48. The Hall–Kier alpha value is -1.05. The summed E-state index contributed by atoms with van der Waals surface area (Å²) in [7, 11) is 2.02. The van der Waals surface area contributed by atoms with Gasteiger partial charge < -0.3 is 4.57 Å². The molecular formula is C11H15NO. The molecule has 13 heavy (non-hydrogen) atoms. The lowest BCUT2D eigenvalue weighted by Gasteiger charge is -2.12. The van der Waals surface area contributed by atoms with Gasteiger partial charge in [-0.25, -0.2) is 0 Å². The highest BCUT2D eigenvalue weighted by molar-refractivity contribution is 5.30. The van der Waals surface area contributed by atoms with Crippen LogP contribution in [0.5, 0.6) is 0 Å². The van der Waals surface area contributed by atoms with E-state index in [9.17, 15) is 4.79 Å². The zero-order chi connectivity index (χ0) is 9.59. The molecule has 0 saturated heterocycles. The molecule has 1 fully saturated rings. The summed E-state index contributed by atoms with van der Waals surface area (Å²) in [4.78, 5) is 11.7. The van der Waals surface area contributed by atoms with Crippen molar-refractivity contribution in [1.82, 2.24) is 4.57 Å². The van der Waals surface area contributed by atoms with E-state index in [-0.39, 0.29) is 5.43 Å². The molecule has 2 nitrogen and oxygen atoms in total. The summed E-state index contributed by atoms with van der Waals surface area (Å²) >= 11 is 0. The van der Waals surface area contributed by atoms with Gasteiger partial charge in [-0.15, -0.1) is 0 Å². The summed E-state index contributed by atoms with van der Waals surface area (Å²) in [6.45, 7) is 4.02. The number of hydrogen-bond donors (Lipinski definition) is 0. The maximum atomic E-state index is 11.7. The van der Waals surface area contributed by atoms with Gasteiger partial charge in [0.2, 0.25) is 0 Å². The second kappa shape index (κ2) is 2.72. The molecule has 0 atom stereocenters. The van der Waals surface area contributed by atoms with Gasteiger partial charge in [0.15, 0.2) is 5.43 Å². The van der Waals surface area contributed by atoms with E-state index in [1.807, 2.05) is 20.9 Å². The van der Waals surface area contributed by atoms with E-state index in [2.05, 4.69) is 4.57 Å². The minimum Gasteiger partial charge on any atom is -0.352 e. The zero-order valence-electron chi connectivity index (χ0n) is 8.42. The number of aromatic nitrogens is 1. The number of aryl methyl sites for hydroxylation is 1. The monoisotopic (exact) mass is 177 g/mol. The molecule has 70 valence electrons. The van der Waals surface area contributed by atoms with Crippen molar-refractivity contribution in [3.05, 3.63) is 33.2 Å². The van der Waals surface area contributed by atoms with Crippen molar-refractivity contribution >= 4 is 0 Å². The van der Waals surface area contributed by atoms with Gasteiger partial charge in [-0.3, -0.25) is 4.79 Å². The van der Waals surface area contributed by atoms with Crippen molar-refractivity contribution in [2.75, 3.05) is 0 Å². The largest absolute Gasteiger partial charge is 0.352 e. The number of rotatable bonds is 1. The SMILES string of the molecule is Cc1cc(=O)c(C2CC2)c(C)n1C. The Bertz CT molecular complexity index is 399. The van der Waals surface area contributed by atoms with Crippen molar-refractivity contribution in [2.45, 2.75) is 32.6 Å². The van der Waals surface area contributed by atoms with Crippen LogP contribution in [0.3, 0.4) is 0 Å². The predicted octanol–water partition coefficient (Wildman–Crippen LogP) is 1.88. The van der Waals surface area contributed by atoms with Crippen LogP contribution >= 0.6 is 0 Å². The lowest BCUT2D eigenvalue weighted by molar-refractivity contribution is 0.789. The molecule has 2 rings (SSSR count). The van der Waals surface area contributed by atoms with E-state index >= 15 is 0 Å². The Morgan fingerprint density at radius 3 is 2.54 bits per heavy atom. The van der Waals surface area contributed by atoms with Crippen molar-refractivity contribution in [3.63, 3.8) is 0 Å². The molecule has 0 N–H and O–H groups in total. The molecule has 1 saturated carbocycles. The van der Waals surface area contributed by atoms with Crippen LogP contribution in [0.4, 0.5) is 0 Å². The molecule has 1 aliphatic rings. The third-order valence-corrected chi connectivity index (χ3v) is 3.01. The first kappa shape index (κ1) is 8.54. The van der Waals surface area contributed by atoms with E-state index in [1.54, 1.807) is 6.07 Å². The molecule has 1 heterocycles. The number of hydrogen-bond acceptors (Lipinski definition) is 1. The maximum absolute atomic E-state index is 11.7. The average molecular weight is 177 g/mol. The minimum absolute atomic E-state index is 0.232. The molecular weight excluding hydrogens is 162 g/mol. The molecule has 0 amide bonds. The van der Waals surface area contributed by atoms with Crippen LogP contribution in [-0.2, 0) is 7.05 Å². The summed E-state index contributed by atoms with van der Waals surface area (Å²) < 4.78 is 2.11. The predicted molar refractivity (Wildman–Crippen MR) is 53.1 cm³/mol. The summed E-state index contributed by atoms with van der Waals surface area (Å²) in [5.74, 6) is 0.555. The van der Waals surface area contributed by atoms with Crippen LogP contribution in [0.15, 0.2) is 10.9 Å². The standard InChI is InChI=1S/C11H15NO/c1-7-6-10(13)11(9-4-5-9)8(2)12(7)3/h6,9H,4-5H2,1-3H3. The van der Waals surface area contributed by atoms with E-state index in [0.717, 1.165) is 17.0 Å². The molecule has 0 radical (unpaired) electrons. The van der Waals surface area contributed by atoms with Crippen LogP contribution in [0.1, 0.15) is 35.7 Å². The lowest BCUT2D eigenvalue weighted by atomic mass is 10.1. The maximum Gasteiger partial charge on any atom is 0.185 e. The van der Waals surface area contributed by atoms with Gasteiger partial charge in [0.25, 0.3) is 0 Å². The smallest absolute Gasteiger partial charge is 0.185 e. The fourth-order valence-corrected chi connectivity index (χ4v) is 1.86. The van der Waals surface area contributed by atoms with E-state index in [4.69, 9.17) is 0 Å². The second-order valence-electron chi connectivity index (χ2n) is 3.98. The van der Waals surface area contributed by atoms with Crippen molar-refractivity contribution in [1.29, 1.82) is 0 Å². The molecule has 0 bridgehead atoms. The van der Waals surface area contributed by atoms with E-state index in [0.29, 0.717) is 5.92 Å². The fourth-order valence-electron chi connectivity index (χ4n) is 1.86. The number of pyridine rings is 1. The summed E-state index contributed by atoms with van der Waals surface area (Å²) in [6, 6.07) is 1.75. The van der Waals surface area contributed by atoms with Crippen molar-refractivity contribution in [2.24, 2.45) is 7.05 Å². The van der Waals surface area contributed by atoms with Crippen LogP contribution in [-0.4, -0.2) is 4.57 Å². The van der Waals surface area contributed by atoms with Gasteiger partial charge in [0.1, 0.15) is 0 Å². The lowest BCUT2D eigenvalue weighted by Crippen LogP contribution is -2.16.